The van der Waals surface area contributed by atoms with Gasteiger partial charge in [-0.25, -0.2) is 9.78 Å². The zero-order valence-corrected chi connectivity index (χ0v) is 17.0. The van der Waals surface area contributed by atoms with E-state index < -0.39 is 11.9 Å². The largest absolute Gasteiger partial charge is 0.325 e. The SMILES string of the molecule is Cc1cccc(NC(=O)NC(=O)CSc2nccn2-c2cccc(Cl)c2)c1C. The molecule has 0 aliphatic carbocycles. The minimum absolute atomic E-state index is 0.0534. The molecular weight excluding hydrogens is 396 g/mol. The highest BCUT2D eigenvalue weighted by Gasteiger charge is 2.13. The van der Waals surface area contributed by atoms with E-state index in [1.165, 1.54) is 11.8 Å². The van der Waals surface area contributed by atoms with Crippen LogP contribution in [0.3, 0.4) is 0 Å². The molecule has 28 heavy (non-hydrogen) atoms. The fraction of sp³-hybridized carbons (Fsp3) is 0.150. The van der Waals surface area contributed by atoms with E-state index in [2.05, 4.69) is 15.6 Å². The maximum Gasteiger partial charge on any atom is 0.325 e. The van der Waals surface area contributed by atoms with Crippen LogP contribution in [0.2, 0.25) is 5.02 Å². The van der Waals surface area contributed by atoms with Crippen LogP contribution in [0.1, 0.15) is 11.1 Å². The van der Waals surface area contributed by atoms with Gasteiger partial charge >= 0.3 is 6.03 Å². The van der Waals surface area contributed by atoms with Crippen molar-refractivity contribution in [1.82, 2.24) is 14.9 Å². The number of rotatable bonds is 5. The first-order valence-electron chi connectivity index (χ1n) is 8.53. The molecule has 0 aliphatic rings. The molecule has 6 nitrogen and oxygen atoms in total. The number of benzene rings is 2. The summed E-state index contributed by atoms with van der Waals surface area (Å²) in [4.78, 5) is 28.5. The Labute approximate surface area is 172 Å². The van der Waals surface area contributed by atoms with E-state index in [4.69, 9.17) is 11.6 Å². The Bertz CT molecular complexity index is 1020. The topological polar surface area (TPSA) is 76.0 Å². The first-order valence-corrected chi connectivity index (χ1v) is 9.89. The molecule has 3 rings (SSSR count). The van der Waals surface area contributed by atoms with Gasteiger partial charge in [-0.3, -0.25) is 14.7 Å². The van der Waals surface area contributed by atoms with Crippen molar-refractivity contribution in [2.45, 2.75) is 19.0 Å². The third kappa shape index (κ3) is 4.94. The minimum atomic E-state index is -0.558. The average molecular weight is 415 g/mol. The van der Waals surface area contributed by atoms with E-state index in [1.807, 2.05) is 48.7 Å². The van der Waals surface area contributed by atoms with Crippen LogP contribution in [-0.4, -0.2) is 27.2 Å². The zero-order valence-electron chi connectivity index (χ0n) is 15.4. The lowest BCUT2D eigenvalue weighted by Crippen LogP contribution is -2.35. The van der Waals surface area contributed by atoms with Crippen molar-refractivity contribution in [3.63, 3.8) is 0 Å². The average Bonchev–Trinajstić information content (AvgIpc) is 3.12. The Morgan fingerprint density at radius 2 is 1.96 bits per heavy atom. The monoisotopic (exact) mass is 414 g/mol. The number of imidazole rings is 1. The van der Waals surface area contributed by atoms with Gasteiger partial charge in [0.15, 0.2) is 5.16 Å². The van der Waals surface area contributed by atoms with Gasteiger partial charge in [0.2, 0.25) is 5.91 Å². The molecule has 3 aromatic rings. The van der Waals surface area contributed by atoms with Gasteiger partial charge in [-0.1, -0.05) is 41.6 Å². The van der Waals surface area contributed by atoms with Gasteiger partial charge < -0.3 is 5.32 Å². The molecule has 144 valence electrons. The van der Waals surface area contributed by atoms with Crippen LogP contribution >= 0.6 is 23.4 Å². The van der Waals surface area contributed by atoms with Gasteiger partial charge in [0.25, 0.3) is 0 Å². The predicted molar refractivity (Wildman–Crippen MR) is 112 cm³/mol. The number of carbonyl (C=O) groups excluding carboxylic acids is 2. The molecule has 1 heterocycles. The number of urea groups is 1. The Morgan fingerprint density at radius 1 is 1.18 bits per heavy atom. The number of nitrogens with zero attached hydrogens (tertiary/aromatic N) is 2. The standard InChI is InChI=1S/C20H19ClN4O2S/c1-13-5-3-8-17(14(13)2)23-19(27)24-18(26)12-28-20-22-9-10-25(20)16-7-4-6-15(21)11-16/h3-11H,12H2,1-2H3,(H2,23,24,26,27). The quantitative estimate of drug-likeness (QED) is 0.599. The molecular formula is C20H19ClN4O2S. The number of carbonyl (C=O) groups is 2. The van der Waals surface area contributed by atoms with Gasteiger partial charge in [-0.15, -0.1) is 0 Å². The maximum atomic E-state index is 12.1. The zero-order chi connectivity index (χ0) is 20.1. The summed E-state index contributed by atoms with van der Waals surface area (Å²) in [5.74, 6) is -0.355. The molecule has 0 unspecified atom stereocenters. The molecule has 2 N–H and O–H groups in total. The Balaban J connectivity index is 1.57. The molecule has 0 bridgehead atoms. The first kappa shape index (κ1) is 20.0. The molecule has 2 aromatic carbocycles. The van der Waals surface area contributed by atoms with Crippen LogP contribution in [0.15, 0.2) is 60.0 Å². The molecule has 3 amide bonds. The second-order valence-electron chi connectivity index (χ2n) is 6.10. The second-order valence-corrected chi connectivity index (χ2v) is 7.48. The number of hydrogen-bond donors (Lipinski definition) is 2. The summed E-state index contributed by atoms with van der Waals surface area (Å²) >= 11 is 7.27. The summed E-state index contributed by atoms with van der Waals surface area (Å²) in [6.45, 7) is 3.88. The number of hydrogen-bond acceptors (Lipinski definition) is 4. The molecule has 0 aliphatic heterocycles. The molecule has 8 heteroatoms. The van der Waals surface area contributed by atoms with Crippen molar-refractivity contribution in [2.75, 3.05) is 11.1 Å². The van der Waals surface area contributed by atoms with Crippen LogP contribution in [0.25, 0.3) is 5.69 Å². The van der Waals surface area contributed by atoms with E-state index in [0.29, 0.717) is 15.9 Å². The van der Waals surface area contributed by atoms with E-state index in [-0.39, 0.29) is 5.75 Å². The van der Waals surface area contributed by atoms with Crippen molar-refractivity contribution in [3.8, 4) is 5.69 Å². The fourth-order valence-electron chi connectivity index (χ4n) is 2.55. The maximum absolute atomic E-state index is 12.1. The number of nitrogens with one attached hydrogen (secondary N) is 2. The van der Waals surface area contributed by atoms with Crippen LogP contribution in [0, 0.1) is 13.8 Å². The van der Waals surface area contributed by atoms with Crippen LogP contribution in [-0.2, 0) is 4.79 Å². The number of imide groups is 1. The number of aryl methyl sites for hydroxylation is 1. The number of amides is 3. The van der Waals surface area contributed by atoms with Crippen molar-refractivity contribution in [1.29, 1.82) is 0 Å². The van der Waals surface area contributed by atoms with Crippen molar-refractivity contribution in [3.05, 3.63) is 71.0 Å². The lowest BCUT2D eigenvalue weighted by atomic mass is 10.1. The van der Waals surface area contributed by atoms with Gasteiger partial charge in [-0.2, -0.15) is 0 Å². The van der Waals surface area contributed by atoms with Gasteiger partial charge in [-0.05, 0) is 49.2 Å². The smallest absolute Gasteiger partial charge is 0.307 e. The molecule has 0 saturated heterocycles. The van der Waals surface area contributed by atoms with E-state index >= 15 is 0 Å². The van der Waals surface area contributed by atoms with Gasteiger partial charge in [0.1, 0.15) is 0 Å². The highest BCUT2D eigenvalue weighted by atomic mass is 35.5. The summed E-state index contributed by atoms with van der Waals surface area (Å²) in [6, 6.07) is 12.4. The number of thioether (sulfide) groups is 1. The molecule has 0 saturated carbocycles. The Morgan fingerprint density at radius 3 is 2.75 bits per heavy atom. The van der Waals surface area contributed by atoms with Crippen molar-refractivity contribution in [2.24, 2.45) is 0 Å². The fourth-order valence-corrected chi connectivity index (χ4v) is 3.51. The third-order valence-corrected chi connectivity index (χ3v) is 5.33. The third-order valence-electron chi connectivity index (χ3n) is 4.13. The van der Waals surface area contributed by atoms with Crippen molar-refractivity contribution >= 4 is 41.0 Å². The number of halogens is 1. The van der Waals surface area contributed by atoms with E-state index in [0.717, 1.165) is 16.8 Å². The number of anilines is 1. The van der Waals surface area contributed by atoms with Crippen LogP contribution < -0.4 is 10.6 Å². The summed E-state index contributed by atoms with van der Waals surface area (Å²) in [6.07, 6.45) is 3.44. The minimum Gasteiger partial charge on any atom is -0.307 e. The van der Waals surface area contributed by atoms with Gasteiger partial charge in [0, 0.05) is 28.8 Å². The first-order chi connectivity index (χ1) is 13.4. The predicted octanol–water partition coefficient (Wildman–Crippen LogP) is 4.58. The second kappa shape index (κ2) is 8.95. The Hall–Kier alpha value is -2.77. The van der Waals surface area contributed by atoms with Gasteiger partial charge in [0.05, 0.1) is 5.75 Å². The summed E-state index contributed by atoms with van der Waals surface area (Å²) < 4.78 is 1.83. The summed E-state index contributed by atoms with van der Waals surface area (Å²) in [5.41, 5.74) is 3.55. The highest BCUT2D eigenvalue weighted by Crippen LogP contribution is 2.22. The lowest BCUT2D eigenvalue weighted by molar-refractivity contribution is -0.117. The molecule has 1 aromatic heterocycles. The number of aromatic nitrogens is 2. The molecule has 0 fully saturated rings. The molecule has 0 spiro atoms. The normalized spacial score (nSPS) is 10.5. The summed E-state index contributed by atoms with van der Waals surface area (Å²) in [7, 11) is 0. The lowest BCUT2D eigenvalue weighted by Gasteiger charge is -2.11. The van der Waals surface area contributed by atoms with E-state index in [9.17, 15) is 9.59 Å². The van der Waals surface area contributed by atoms with Crippen molar-refractivity contribution < 1.29 is 9.59 Å². The highest BCUT2D eigenvalue weighted by molar-refractivity contribution is 7.99. The molecule has 0 radical (unpaired) electrons. The van der Waals surface area contributed by atoms with Crippen LogP contribution in [0.5, 0.6) is 0 Å². The molecule has 0 atom stereocenters. The summed E-state index contributed by atoms with van der Waals surface area (Å²) in [5, 5.41) is 6.29. The van der Waals surface area contributed by atoms with E-state index in [1.54, 1.807) is 24.5 Å². The van der Waals surface area contributed by atoms with Crippen LogP contribution in [0.4, 0.5) is 10.5 Å². The Kier molecular flexibility index (Phi) is 6.38.